The van der Waals surface area contributed by atoms with Crippen molar-refractivity contribution in [3.05, 3.63) is 0 Å². The molecule has 0 aromatic carbocycles. The van der Waals surface area contributed by atoms with Gasteiger partial charge in [-0.1, -0.05) is 33.1 Å². The van der Waals surface area contributed by atoms with Gasteiger partial charge in [0.05, 0.1) is 5.41 Å². The van der Waals surface area contributed by atoms with Crippen molar-refractivity contribution >= 4 is 5.91 Å². The standard InChI is InChI=1S/C17H32N2O/c1-3-17(4-2,13-18)16(20)19(15-10-11-15)12-14-8-6-5-7-9-14/h14-15H,3-13,18H2,1-2H3. The van der Waals surface area contributed by atoms with E-state index in [0.717, 1.165) is 25.3 Å². The van der Waals surface area contributed by atoms with E-state index in [1.54, 1.807) is 0 Å². The van der Waals surface area contributed by atoms with Crippen molar-refractivity contribution in [1.29, 1.82) is 0 Å². The first-order chi connectivity index (χ1) is 9.66. The second-order valence-corrected chi connectivity index (χ2v) is 6.88. The van der Waals surface area contributed by atoms with E-state index in [-0.39, 0.29) is 5.41 Å². The van der Waals surface area contributed by atoms with Crippen molar-refractivity contribution in [3.63, 3.8) is 0 Å². The molecule has 2 saturated carbocycles. The van der Waals surface area contributed by atoms with Gasteiger partial charge in [-0.3, -0.25) is 4.79 Å². The Bertz CT molecular complexity index is 307. The largest absolute Gasteiger partial charge is 0.339 e. The van der Waals surface area contributed by atoms with Crippen LogP contribution in [0.2, 0.25) is 0 Å². The Morgan fingerprint density at radius 2 is 1.70 bits per heavy atom. The van der Waals surface area contributed by atoms with E-state index in [1.807, 2.05) is 0 Å². The van der Waals surface area contributed by atoms with Crippen molar-refractivity contribution in [1.82, 2.24) is 4.90 Å². The topological polar surface area (TPSA) is 46.3 Å². The summed E-state index contributed by atoms with van der Waals surface area (Å²) < 4.78 is 0. The molecule has 0 radical (unpaired) electrons. The predicted molar refractivity (Wildman–Crippen MR) is 83.4 cm³/mol. The zero-order valence-electron chi connectivity index (χ0n) is 13.4. The summed E-state index contributed by atoms with van der Waals surface area (Å²) in [5.41, 5.74) is 5.67. The summed E-state index contributed by atoms with van der Waals surface area (Å²) in [7, 11) is 0. The predicted octanol–water partition coefficient (Wildman–Crippen LogP) is 3.32. The minimum absolute atomic E-state index is 0.308. The zero-order chi connectivity index (χ0) is 14.6. The molecule has 0 atom stereocenters. The van der Waals surface area contributed by atoms with Crippen LogP contribution >= 0.6 is 0 Å². The maximum atomic E-state index is 13.1. The quantitative estimate of drug-likeness (QED) is 0.777. The van der Waals surface area contributed by atoms with Crippen LogP contribution in [0.4, 0.5) is 0 Å². The van der Waals surface area contributed by atoms with Gasteiger partial charge in [0.15, 0.2) is 0 Å². The highest BCUT2D eigenvalue weighted by Crippen LogP contribution is 2.36. The fourth-order valence-corrected chi connectivity index (χ4v) is 3.66. The van der Waals surface area contributed by atoms with Gasteiger partial charge in [0.25, 0.3) is 0 Å². The molecular weight excluding hydrogens is 248 g/mol. The Kier molecular flexibility index (Phi) is 5.48. The molecule has 2 fully saturated rings. The highest BCUT2D eigenvalue weighted by molar-refractivity contribution is 5.83. The third-order valence-corrected chi connectivity index (χ3v) is 5.63. The van der Waals surface area contributed by atoms with Gasteiger partial charge in [0.1, 0.15) is 0 Å². The van der Waals surface area contributed by atoms with Gasteiger partial charge in [-0.2, -0.15) is 0 Å². The molecule has 0 bridgehead atoms. The molecule has 0 unspecified atom stereocenters. The lowest BCUT2D eigenvalue weighted by Gasteiger charge is -2.38. The van der Waals surface area contributed by atoms with E-state index in [4.69, 9.17) is 5.73 Å². The van der Waals surface area contributed by atoms with E-state index in [1.165, 1.54) is 44.9 Å². The average molecular weight is 280 g/mol. The molecule has 2 aliphatic carbocycles. The van der Waals surface area contributed by atoms with E-state index < -0.39 is 0 Å². The molecule has 3 heteroatoms. The lowest BCUT2D eigenvalue weighted by Crippen LogP contribution is -2.50. The van der Waals surface area contributed by atoms with Crippen LogP contribution in [-0.4, -0.2) is 29.9 Å². The number of amides is 1. The number of rotatable bonds is 7. The summed E-state index contributed by atoms with van der Waals surface area (Å²) in [6.45, 7) is 5.71. The van der Waals surface area contributed by atoms with Crippen molar-refractivity contribution in [2.75, 3.05) is 13.1 Å². The summed E-state index contributed by atoms with van der Waals surface area (Å²) in [5, 5.41) is 0. The monoisotopic (exact) mass is 280 g/mol. The molecule has 0 aliphatic heterocycles. The van der Waals surface area contributed by atoms with Gasteiger partial charge >= 0.3 is 0 Å². The van der Waals surface area contributed by atoms with E-state index in [0.29, 0.717) is 18.5 Å². The Morgan fingerprint density at radius 1 is 1.10 bits per heavy atom. The molecule has 3 nitrogen and oxygen atoms in total. The first-order valence-corrected chi connectivity index (χ1v) is 8.68. The average Bonchev–Trinajstić information content (AvgIpc) is 3.33. The van der Waals surface area contributed by atoms with Crippen molar-refractivity contribution in [2.45, 2.75) is 77.7 Å². The van der Waals surface area contributed by atoms with Crippen LogP contribution in [0.25, 0.3) is 0 Å². The Morgan fingerprint density at radius 3 is 2.15 bits per heavy atom. The maximum Gasteiger partial charge on any atom is 0.230 e. The van der Waals surface area contributed by atoms with Crippen LogP contribution in [0.5, 0.6) is 0 Å². The third-order valence-electron chi connectivity index (χ3n) is 5.63. The van der Waals surface area contributed by atoms with Gasteiger partial charge in [0.2, 0.25) is 5.91 Å². The third kappa shape index (κ3) is 3.36. The smallest absolute Gasteiger partial charge is 0.230 e. The minimum Gasteiger partial charge on any atom is -0.339 e. The van der Waals surface area contributed by atoms with Crippen LogP contribution in [0.3, 0.4) is 0 Å². The molecule has 2 rings (SSSR count). The summed E-state index contributed by atoms with van der Waals surface area (Å²) in [4.78, 5) is 15.3. The van der Waals surface area contributed by atoms with Crippen LogP contribution in [-0.2, 0) is 4.79 Å². The van der Waals surface area contributed by atoms with Gasteiger partial charge in [-0.05, 0) is 44.4 Å². The highest BCUT2D eigenvalue weighted by Gasteiger charge is 2.42. The van der Waals surface area contributed by atoms with E-state index in [2.05, 4.69) is 18.7 Å². The van der Waals surface area contributed by atoms with Crippen molar-refractivity contribution in [2.24, 2.45) is 17.1 Å². The lowest BCUT2D eigenvalue weighted by atomic mass is 9.80. The van der Waals surface area contributed by atoms with Crippen LogP contribution in [0.15, 0.2) is 0 Å². The van der Waals surface area contributed by atoms with Gasteiger partial charge in [0, 0.05) is 19.1 Å². The van der Waals surface area contributed by atoms with Crippen molar-refractivity contribution in [3.8, 4) is 0 Å². The lowest BCUT2D eigenvalue weighted by molar-refractivity contribution is -0.143. The second kappa shape index (κ2) is 6.93. The second-order valence-electron chi connectivity index (χ2n) is 6.88. The first-order valence-electron chi connectivity index (χ1n) is 8.68. The van der Waals surface area contributed by atoms with Crippen LogP contribution in [0.1, 0.15) is 71.6 Å². The number of hydrogen-bond donors (Lipinski definition) is 1. The summed E-state index contributed by atoms with van der Waals surface area (Å²) in [5.74, 6) is 1.08. The van der Waals surface area contributed by atoms with Gasteiger partial charge < -0.3 is 10.6 Å². The number of carbonyl (C=O) groups is 1. The molecule has 0 saturated heterocycles. The molecule has 0 heterocycles. The molecule has 0 aromatic heterocycles. The number of nitrogens with two attached hydrogens (primary N) is 1. The SMILES string of the molecule is CCC(CC)(CN)C(=O)N(CC1CCCCC1)C1CC1. The normalized spacial score (nSPS) is 20.9. The highest BCUT2D eigenvalue weighted by atomic mass is 16.2. The van der Waals surface area contributed by atoms with Gasteiger partial charge in [-0.15, -0.1) is 0 Å². The zero-order valence-corrected chi connectivity index (χ0v) is 13.4. The fourth-order valence-electron chi connectivity index (χ4n) is 3.66. The molecule has 116 valence electrons. The molecular formula is C17H32N2O. The molecule has 1 amide bonds. The van der Waals surface area contributed by atoms with E-state index >= 15 is 0 Å². The Balaban J connectivity index is 2.05. The fraction of sp³-hybridized carbons (Fsp3) is 0.941. The summed E-state index contributed by atoms with van der Waals surface area (Å²) >= 11 is 0. The van der Waals surface area contributed by atoms with Crippen LogP contribution < -0.4 is 5.73 Å². The van der Waals surface area contributed by atoms with E-state index in [9.17, 15) is 4.79 Å². The van der Waals surface area contributed by atoms with Crippen LogP contribution in [0, 0.1) is 11.3 Å². The number of hydrogen-bond acceptors (Lipinski definition) is 2. The minimum atomic E-state index is -0.308. The number of nitrogens with zero attached hydrogens (tertiary/aromatic N) is 1. The first kappa shape index (κ1) is 15.8. The molecule has 0 aromatic rings. The van der Waals surface area contributed by atoms with Gasteiger partial charge in [-0.25, -0.2) is 0 Å². The molecule has 20 heavy (non-hydrogen) atoms. The molecule has 0 spiro atoms. The maximum absolute atomic E-state index is 13.1. The summed E-state index contributed by atoms with van der Waals surface area (Å²) in [6.07, 6.45) is 10.8. The molecule has 2 aliphatic rings. The Labute approximate surface area is 124 Å². The number of carbonyl (C=O) groups excluding carboxylic acids is 1. The molecule has 2 N–H and O–H groups in total. The van der Waals surface area contributed by atoms with Crippen molar-refractivity contribution < 1.29 is 4.79 Å². The Hall–Kier alpha value is -0.570. The summed E-state index contributed by atoms with van der Waals surface area (Å²) in [6, 6.07) is 0.522.